The molecule has 1 aromatic carbocycles. The van der Waals surface area contributed by atoms with Gasteiger partial charge in [-0.1, -0.05) is 18.2 Å². The van der Waals surface area contributed by atoms with Gasteiger partial charge < -0.3 is 14.0 Å². The third-order valence-electron chi connectivity index (χ3n) is 3.68. The summed E-state index contributed by atoms with van der Waals surface area (Å²) in [5.74, 6) is -0.939. The van der Waals surface area contributed by atoms with Crippen molar-refractivity contribution < 1.29 is 19.1 Å². The number of ether oxygens (including phenoxy) is 2. The minimum Gasteiger partial charge on any atom is -0.464 e. The maximum absolute atomic E-state index is 12.4. The van der Waals surface area contributed by atoms with Gasteiger partial charge in [0.1, 0.15) is 0 Å². The van der Waals surface area contributed by atoms with Crippen molar-refractivity contribution in [2.75, 3.05) is 13.2 Å². The van der Waals surface area contributed by atoms with E-state index in [0.717, 1.165) is 16.5 Å². The van der Waals surface area contributed by atoms with E-state index in [1.54, 1.807) is 24.5 Å². The molecule has 0 amide bonds. The SMILES string of the molecule is CCOC(=O)C1=Cc2cccc3ccn(c23)C1C(=O)OCC. The number of carbonyl (C=O) groups excluding carboxylic acids is 2. The molecular formula is C17H17NO4. The standard InChI is InChI=1S/C17H17NO4/c1-3-21-16(19)13-10-12-7-5-6-11-8-9-18(14(11)12)15(13)17(20)22-4-2/h5-10,15H,3-4H2,1-2H3. The Morgan fingerprint density at radius 1 is 1.14 bits per heavy atom. The fourth-order valence-electron chi connectivity index (χ4n) is 2.82. The fraction of sp³-hybridized carbons (Fsp3) is 0.294. The Morgan fingerprint density at radius 3 is 2.64 bits per heavy atom. The lowest BCUT2D eigenvalue weighted by Crippen LogP contribution is -2.29. The smallest absolute Gasteiger partial charge is 0.336 e. The number of benzene rings is 1. The van der Waals surface area contributed by atoms with Crippen LogP contribution >= 0.6 is 0 Å². The second-order valence-corrected chi connectivity index (χ2v) is 4.98. The molecule has 114 valence electrons. The summed E-state index contributed by atoms with van der Waals surface area (Å²) < 4.78 is 12.0. The van der Waals surface area contributed by atoms with Crippen molar-refractivity contribution in [1.82, 2.24) is 4.57 Å². The van der Waals surface area contributed by atoms with Crippen LogP contribution in [0.1, 0.15) is 25.5 Å². The Kier molecular flexibility index (Phi) is 3.71. The minimum absolute atomic E-state index is 0.258. The van der Waals surface area contributed by atoms with Crippen LogP contribution in [0, 0.1) is 0 Å². The molecule has 0 fully saturated rings. The third-order valence-corrected chi connectivity index (χ3v) is 3.68. The number of carbonyl (C=O) groups is 2. The quantitative estimate of drug-likeness (QED) is 0.815. The Balaban J connectivity index is 2.16. The van der Waals surface area contributed by atoms with Gasteiger partial charge in [-0.05, 0) is 31.6 Å². The van der Waals surface area contributed by atoms with E-state index in [4.69, 9.17) is 9.47 Å². The Labute approximate surface area is 128 Å². The van der Waals surface area contributed by atoms with Gasteiger partial charge >= 0.3 is 11.9 Å². The predicted molar refractivity (Wildman–Crippen MR) is 82.2 cm³/mol. The highest BCUT2D eigenvalue weighted by Gasteiger charge is 2.35. The van der Waals surface area contributed by atoms with Crippen LogP contribution in [-0.4, -0.2) is 29.7 Å². The van der Waals surface area contributed by atoms with Crippen molar-refractivity contribution in [1.29, 1.82) is 0 Å². The van der Waals surface area contributed by atoms with Crippen molar-refractivity contribution in [3.63, 3.8) is 0 Å². The van der Waals surface area contributed by atoms with E-state index in [0.29, 0.717) is 5.57 Å². The molecule has 2 heterocycles. The molecule has 5 heteroatoms. The first-order valence-electron chi connectivity index (χ1n) is 7.32. The molecule has 1 aromatic heterocycles. The van der Waals surface area contributed by atoms with E-state index in [9.17, 15) is 9.59 Å². The second kappa shape index (κ2) is 5.67. The van der Waals surface area contributed by atoms with Crippen molar-refractivity contribution in [2.24, 2.45) is 0 Å². The van der Waals surface area contributed by atoms with E-state index >= 15 is 0 Å². The summed E-state index contributed by atoms with van der Waals surface area (Å²) >= 11 is 0. The van der Waals surface area contributed by atoms with Crippen LogP contribution in [0.3, 0.4) is 0 Å². The fourth-order valence-corrected chi connectivity index (χ4v) is 2.82. The monoisotopic (exact) mass is 299 g/mol. The van der Waals surface area contributed by atoms with Gasteiger partial charge in [-0.2, -0.15) is 0 Å². The van der Waals surface area contributed by atoms with E-state index in [2.05, 4.69) is 0 Å². The van der Waals surface area contributed by atoms with Gasteiger partial charge in [-0.3, -0.25) is 0 Å². The maximum Gasteiger partial charge on any atom is 0.336 e. The number of para-hydroxylation sites is 1. The van der Waals surface area contributed by atoms with Gasteiger partial charge in [0, 0.05) is 11.6 Å². The maximum atomic E-state index is 12.4. The summed E-state index contributed by atoms with van der Waals surface area (Å²) in [5, 5.41) is 1.02. The van der Waals surface area contributed by atoms with Crippen molar-refractivity contribution in [3.8, 4) is 0 Å². The summed E-state index contributed by atoms with van der Waals surface area (Å²) in [7, 11) is 0. The van der Waals surface area contributed by atoms with Gasteiger partial charge in [0.05, 0.1) is 24.3 Å². The molecule has 0 radical (unpaired) electrons. The summed E-state index contributed by atoms with van der Waals surface area (Å²) in [6.45, 7) is 4.00. The van der Waals surface area contributed by atoms with Crippen LogP contribution in [-0.2, 0) is 19.1 Å². The van der Waals surface area contributed by atoms with E-state index in [-0.39, 0.29) is 13.2 Å². The van der Waals surface area contributed by atoms with Crippen molar-refractivity contribution in [3.05, 3.63) is 41.6 Å². The normalized spacial score (nSPS) is 16.3. The average Bonchev–Trinajstić information content (AvgIpc) is 2.93. The Bertz CT molecular complexity index is 772. The van der Waals surface area contributed by atoms with E-state index in [1.807, 2.05) is 30.5 Å². The molecule has 1 aliphatic heterocycles. The lowest BCUT2D eigenvalue weighted by atomic mass is 9.98. The van der Waals surface area contributed by atoms with Crippen molar-refractivity contribution >= 4 is 28.9 Å². The molecule has 1 aliphatic rings. The Morgan fingerprint density at radius 2 is 1.91 bits per heavy atom. The molecule has 1 unspecified atom stereocenters. The summed E-state index contributed by atoms with van der Waals surface area (Å²) in [4.78, 5) is 24.6. The van der Waals surface area contributed by atoms with E-state index in [1.165, 1.54) is 0 Å². The lowest BCUT2D eigenvalue weighted by Gasteiger charge is -2.24. The number of esters is 2. The van der Waals surface area contributed by atoms with Gasteiger partial charge in [0.15, 0.2) is 6.04 Å². The van der Waals surface area contributed by atoms with Crippen LogP contribution in [0.5, 0.6) is 0 Å². The molecule has 1 atom stereocenters. The predicted octanol–water partition coefficient (Wildman–Crippen LogP) is 2.71. The summed E-state index contributed by atoms with van der Waals surface area (Å²) in [6.07, 6.45) is 3.53. The second-order valence-electron chi connectivity index (χ2n) is 4.98. The highest BCUT2D eigenvalue weighted by Crippen LogP contribution is 2.35. The number of hydrogen-bond acceptors (Lipinski definition) is 4. The summed E-state index contributed by atoms with van der Waals surface area (Å²) in [6, 6.07) is 6.94. The van der Waals surface area contributed by atoms with Crippen LogP contribution < -0.4 is 0 Å². The van der Waals surface area contributed by atoms with Gasteiger partial charge in [-0.25, -0.2) is 9.59 Å². The molecule has 2 aromatic rings. The molecule has 0 saturated carbocycles. The number of rotatable bonds is 4. The highest BCUT2D eigenvalue weighted by molar-refractivity contribution is 6.05. The molecule has 0 saturated heterocycles. The van der Waals surface area contributed by atoms with Gasteiger partial charge in [0.2, 0.25) is 0 Å². The minimum atomic E-state index is -0.800. The molecule has 0 spiro atoms. The molecule has 22 heavy (non-hydrogen) atoms. The first-order chi connectivity index (χ1) is 10.7. The molecule has 0 N–H and O–H groups in total. The topological polar surface area (TPSA) is 57.5 Å². The zero-order valence-corrected chi connectivity index (χ0v) is 12.5. The first-order valence-corrected chi connectivity index (χ1v) is 7.32. The molecule has 0 aliphatic carbocycles. The number of nitrogens with zero attached hydrogens (tertiary/aromatic N) is 1. The first kappa shape index (κ1) is 14.4. The average molecular weight is 299 g/mol. The highest BCUT2D eigenvalue weighted by atomic mass is 16.5. The molecule has 5 nitrogen and oxygen atoms in total. The zero-order valence-electron chi connectivity index (χ0n) is 12.5. The summed E-state index contributed by atoms with van der Waals surface area (Å²) in [5.41, 5.74) is 2.12. The zero-order chi connectivity index (χ0) is 15.7. The van der Waals surface area contributed by atoms with Crippen LogP contribution in [0.4, 0.5) is 0 Å². The van der Waals surface area contributed by atoms with E-state index < -0.39 is 18.0 Å². The number of aromatic nitrogens is 1. The Hall–Kier alpha value is -2.56. The van der Waals surface area contributed by atoms with Crippen LogP contribution in [0.15, 0.2) is 36.0 Å². The molecule has 0 bridgehead atoms. The molecule has 3 rings (SSSR count). The third kappa shape index (κ3) is 2.19. The van der Waals surface area contributed by atoms with Crippen LogP contribution in [0.25, 0.3) is 17.0 Å². The van der Waals surface area contributed by atoms with Gasteiger partial charge in [-0.15, -0.1) is 0 Å². The van der Waals surface area contributed by atoms with Crippen molar-refractivity contribution in [2.45, 2.75) is 19.9 Å². The van der Waals surface area contributed by atoms with Gasteiger partial charge in [0.25, 0.3) is 0 Å². The number of hydrogen-bond donors (Lipinski definition) is 0. The largest absolute Gasteiger partial charge is 0.464 e. The lowest BCUT2D eigenvalue weighted by molar-refractivity contribution is -0.149. The van der Waals surface area contributed by atoms with Crippen LogP contribution in [0.2, 0.25) is 0 Å². The molecular weight excluding hydrogens is 282 g/mol.